The molecule has 1 fully saturated rings. The zero-order valence-electron chi connectivity index (χ0n) is 14.8. The molecule has 1 saturated heterocycles. The van der Waals surface area contributed by atoms with Crippen molar-refractivity contribution in [3.05, 3.63) is 0 Å². The first-order valence-corrected chi connectivity index (χ1v) is 13.8. The van der Waals surface area contributed by atoms with E-state index < -0.39 is 8.07 Å². The van der Waals surface area contributed by atoms with E-state index in [0.717, 1.165) is 17.3 Å². The average Bonchev–Trinajstić information content (AvgIpc) is 2.38. The Morgan fingerprint density at radius 1 is 1.14 bits per heavy atom. The number of carbonyl (C=O) groups excluding carboxylic acids is 1. The van der Waals surface area contributed by atoms with Crippen LogP contribution in [0.15, 0.2) is 0 Å². The van der Waals surface area contributed by atoms with Crippen molar-refractivity contribution in [2.75, 3.05) is 17.3 Å². The molecule has 0 aliphatic carbocycles. The van der Waals surface area contributed by atoms with Crippen LogP contribution in [0.4, 0.5) is 0 Å². The maximum absolute atomic E-state index is 13.2. The quantitative estimate of drug-likeness (QED) is 0.460. The van der Waals surface area contributed by atoms with E-state index in [-0.39, 0.29) is 14.9 Å². The molecule has 1 aliphatic rings. The Bertz CT molecular complexity index is 384. The molecule has 1 aliphatic heterocycles. The van der Waals surface area contributed by atoms with Gasteiger partial charge in [0, 0.05) is 5.75 Å². The van der Waals surface area contributed by atoms with Crippen LogP contribution in [0.5, 0.6) is 0 Å². The van der Waals surface area contributed by atoms with E-state index in [9.17, 15) is 4.79 Å². The van der Waals surface area contributed by atoms with Gasteiger partial charge < -0.3 is 0 Å². The summed E-state index contributed by atoms with van der Waals surface area (Å²) in [6, 6.07) is 0. The van der Waals surface area contributed by atoms with Gasteiger partial charge in [-0.25, -0.2) is 4.31 Å². The number of carbonyl (C=O) groups is 1. The summed E-state index contributed by atoms with van der Waals surface area (Å²) in [5.41, 5.74) is 0. The third-order valence-corrected chi connectivity index (χ3v) is 16.3. The number of ketones is 1. The summed E-state index contributed by atoms with van der Waals surface area (Å²) in [7, 11) is -1.82. The maximum atomic E-state index is 13.2. The molecule has 0 radical (unpaired) electrons. The van der Waals surface area contributed by atoms with Crippen LogP contribution in [-0.2, 0) is 4.79 Å². The van der Waals surface area contributed by atoms with Gasteiger partial charge in [-0.2, -0.15) is 0 Å². The third kappa shape index (κ3) is 3.12. The molecule has 2 unspecified atom stereocenters. The van der Waals surface area contributed by atoms with Gasteiger partial charge in [-0.3, -0.25) is 4.79 Å². The first kappa shape index (κ1) is 19.9. The van der Waals surface area contributed by atoms with Gasteiger partial charge >= 0.3 is 0 Å². The van der Waals surface area contributed by atoms with Crippen LogP contribution < -0.4 is 0 Å². The van der Waals surface area contributed by atoms with Gasteiger partial charge in [0.15, 0.2) is 5.78 Å². The van der Waals surface area contributed by atoms with Crippen LogP contribution in [0, 0.1) is 0 Å². The number of thioether (sulfide) groups is 2. The average molecular weight is 366 g/mol. The van der Waals surface area contributed by atoms with Crippen LogP contribution in [0.1, 0.15) is 41.5 Å². The second-order valence-electron chi connectivity index (χ2n) is 6.87. The minimum absolute atomic E-state index is 0.0631. The first-order valence-electron chi connectivity index (χ1n) is 7.83. The molecule has 0 saturated carbocycles. The summed E-state index contributed by atoms with van der Waals surface area (Å²) >= 11 is 5.55. The highest BCUT2D eigenvalue weighted by Gasteiger charge is 2.70. The highest BCUT2D eigenvalue weighted by molar-refractivity contribution is 8.07. The van der Waals surface area contributed by atoms with Crippen LogP contribution in [0.2, 0.25) is 18.1 Å². The standard InChI is InChI=1S/C15H31NOS3Si/c1-9-18-13-12(17)15(19-10-2,16(13)20-11-3)21(7,8)14(4,5)6/h13H,9-11H2,1-8H3. The largest absolute Gasteiger partial charge is 0.294 e. The summed E-state index contributed by atoms with van der Waals surface area (Å²) in [5.74, 6) is 3.52. The monoisotopic (exact) mass is 365 g/mol. The molecule has 124 valence electrons. The zero-order chi connectivity index (χ0) is 16.5. The number of Topliss-reactive ketones (excluding diaryl/α,β-unsaturated/α-hetero) is 1. The molecule has 21 heavy (non-hydrogen) atoms. The fraction of sp³-hybridized carbons (Fsp3) is 0.933. The van der Waals surface area contributed by atoms with E-state index in [1.165, 1.54) is 0 Å². The van der Waals surface area contributed by atoms with Crippen LogP contribution in [0.3, 0.4) is 0 Å². The molecule has 2 nitrogen and oxygen atoms in total. The van der Waals surface area contributed by atoms with Gasteiger partial charge in [0.1, 0.15) is 9.87 Å². The summed E-state index contributed by atoms with van der Waals surface area (Å²) < 4.78 is 2.21. The molecule has 0 amide bonds. The number of hydrogen-bond donors (Lipinski definition) is 0. The Balaban J connectivity index is 3.29. The summed E-state index contributed by atoms with van der Waals surface area (Å²) in [4.78, 5) is 13.2. The predicted octanol–water partition coefficient (Wildman–Crippen LogP) is 5.12. The Morgan fingerprint density at radius 3 is 2.10 bits per heavy atom. The molecule has 2 atom stereocenters. The van der Waals surface area contributed by atoms with Crippen LogP contribution in [0.25, 0.3) is 0 Å². The third-order valence-electron chi connectivity index (χ3n) is 4.75. The Kier molecular flexibility index (Phi) is 6.84. The molecule has 1 heterocycles. The Hall–Kier alpha value is 0.897. The SMILES string of the molecule is CCSC1C(=O)C(SCC)([Si](C)(C)C(C)(C)C)N1SCC. The predicted molar refractivity (Wildman–Crippen MR) is 105 cm³/mol. The molecule has 0 bridgehead atoms. The lowest BCUT2D eigenvalue weighted by Gasteiger charge is -2.63. The van der Waals surface area contributed by atoms with Crippen molar-refractivity contribution in [2.24, 2.45) is 0 Å². The number of nitrogens with zero attached hydrogens (tertiary/aromatic N) is 1. The van der Waals surface area contributed by atoms with E-state index in [2.05, 4.69) is 58.9 Å². The van der Waals surface area contributed by atoms with Gasteiger partial charge in [-0.15, -0.1) is 23.5 Å². The first-order chi connectivity index (χ1) is 9.61. The number of rotatable bonds is 7. The molecular weight excluding hydrogens is 334 g/mol. The Labute approximate surface area is 145 Å². The van der Waals surface area contributed by atoms with Crippen molar-refractivity contribution in [2.45, 2.75) is 69.5 Å². The number of hydrogen-bond acceptors (Lipinski definition) is 5. The van der Waals surface area contributed by atoms with E-state index in [4.69, 9.17) is 0 Å². The van der Waals surface area contributed by atoms with E-state index >= 15 is 0 Å². The van der Waals surface area contributed by atoms with Crippen molar-refractivity contribution in [3.8, 4) is 0 Å². The summed E-state index contributed by atoms with van der Waals surface area (Å²) in [6.45, 7) is 18.3. The van der Waals surface area contributed by atoms with Crippen molar-refractivity contribution < 1.29 is 4.79 Å². The molecule has 1 rings (SSSR count). The van der Waals surface area contributed by atoms with E-state index in [1.807, 2.05) is 23.7 Å². The van der Waals surface area contributed by atoms with Gasteiger partial charge in [0.2, 0.25) is 0 Å². The highest BCUT2D eigenvalue weighted by atomic mass is 32.2. The molecule has 0 aromatic heterocycles. The van der Waals surface area contributed by atoms with Crippen molar-refractivity contribution >= 4 is 49.3 Å². The van der Waals surface area contributed by atoms with E-state index in [0.29, 0.717) is 5.78 Å². The fourth-order valence-corrected chi connectivity index (χ4v) is 12.5. The molecule has 0 spiro atoms. The molecule has 0 N–H and O–H groups in total. The Morgan fingerprint density at radius 2 is 1.71 bits per heavy atom. The lowest BCUT2D eigenvalue weighted by atomic mass is 10.2. The van der Waals surface area contributed by atoms with Crippen molar-refractivity contribution in [1.29, 1.82) is 0 Å². The maximum Gasteiger partial charge on any atom is 0.188 e. The second kappa shape index (κ2) is 7.20. The molecular formula is C15H31NOS3Si. The zero-order valence-corrected chi connectivity index (χ0v) is 18.2. The topological polar surface area (TPSA) is 20.3 Å². The summed E-state index contributed by atoms with van der Waals surface area (Å²) in [5, 5.41) is 0.271. The van der Waals surface area contributed by atoms with Crippen molar-refractivity contribution in [1.82, 2.24) is 4.31 Å². The summed E-state index contributed by atoms with van der Waals surface area (Å²) in [6.07, 6.45) is 0. The molecule has 6 heteroatoms. The minimum Gasteiger partial charge on any atom is -0.294 e. The van der Waals surface area contributed by atoms with Gasteiger partial charge in [-0.05, 0) is 16.5 Å². The smallest absolute Gasteiger partial charge is 0.188 e. The minimum atomic E-state index is -1.82. The van der Waals surface area contributed by atoms with E-state index in [1.54, 1.807) is 11.8 Å². The van der Waals surface area contributed by atoms with Crippen molar-refractivity contribution in [3.63, 3.8) is 0 Å². The van der Waals surface area contributed by atoms with Crippen LogP contribution in [-0.4, -0.2) is 45.3 Å². The second-order valence-corrected chi connectivity index (χ2v) is 16.7. The van der Waals surface area contributed by atoms with Gasteiger partial charge in [-0.1, -0.05) is 66.6 Å². The van der Waals surface area contributed by atoms with Gasteiger partial charge in [0.05, 0.1) is 8.07 Å². The molecule has 0 aromatic rings. The lowest BCUT2D eigenvalue weighted by molar-refractivity contribution is -0.131. The fourth-order valence-electron chi connectivity index (χ4n) is 2.70. The van der Waals surface area contributed by atoms with Crippen LogP contribution >= 0.6 is 35.5 Å². The lowest BCUT2D eigenvalue weighted by Crippen LogP contribution is -2.80. The molecule has 0 aromatic carbocycles. The highest BCUT2D eigenvalue weighted by Crippen LogP contribution is 2.60. The normalized spacial score (nSPS) is 27.8. The van der Waals surface area contributed by atoms with Gasteiger partial charge in [0.25, 0.3) is 0 Å².